The van der Waals surface area contributed by atoms with E-state index >= 15 is 0 Å². The fourth-order valence-corrected chi connectivity index (χ4v) is 7.00. The average molecular weight is 463 g/mol. The van der Waals surface area contributed by atoms with Crippen LogP contribution < -0.4 is 5.32 Å². The number of benzene rings is 3. The van der Waals surface area contributed by atoms with E-state index in [0.29, 0.717) is 28.6 Å². The molecule has 0 radical (unpaired) electrons. The molecule has 0 bridgehead atoms. The largest absolute Gasteiger partial charge is 0.324 e. The van der Waals surface area contributed by atoms with E-state index in [0.717, 1.165) is 22.4 Å². The summed E-state index contributed by atoms with van der Waals surface area (Å²) in [6.45, 7) is 0.517. The van der Waals surface area contributed by atoms with Gasteiger partial charge in [-0.25, -0.2) is 0 Å². The zero-order valence-electron chi connectivity index (χ0n) is 17.4. The smallest absolute Gasteiger partial charge is 0.250 e. The number of anilines is 1. The number of nitrogens with zero attached hydrogens (tertiary/aromatic N) is 1. The number of halogens is 2. The van der Waals surface area contributed by atoms with E-state index in [9.17, 15) is 9.59 Å². The predicted molar refractivity (Wildman–Crippen MR) is 125 cm³/mol. The van der Waals surface area contributed by atoms with Crippen molar-refractivity contribution >= 4 is 40.6 Å². The maximum atomic E-state index is 14.4. The lowest BCUT2D eigenvalue weighted by Crippen LogP contribution is -2.58. The molecule has 160 valence electrons. The molecule has 1 saturated heterocycles. The molecule has 6 heteroatoms. The molecule has 3 atom stereocenters. The lowest BCUT2D eigenvalue weighted by atomic mass is 9.59. The van der Waals surface area contributed by atoms with Crippen molar-refractivity contribution in [2.45, 2.75) is 17.9 Å². The Balaban J connectivity index is 1.69. The summed E-state index contributed by atoms with van der Waals surface area (Å²) in [6.07, 6.45) is 0.470. The molecule has 2 heterocycles. The van der Waals surface area contributed by atoms with Crippen LogP contribution in [0.4, 0.5) is 5.69 Å². The standard InChI is InChI=1S/C26H20Cl2N2O2/c1-30-14-20(18-11-10-16(27)12-21(18)28)25(13-15-6-2-3-7-17(15)23(25)31)26(30)19-8-4-5-9-22(19)29-24(26)32/h2-12,20H,13-14H2,1H3,(H,29,32)/t20-,25+,26+/m0/s1. The Morgan fingerprint density at radius 1 is 1.00 bits per heavy atom. The van der Waals surface area contributed by atoms with Gasteiger partial charge in [-0.3, -0.25) is 14.5 Å². The summed E-state index contributed by atoms with van der Waals surface area (Å²) in [5.41, 5.74) is 1.95. The Kier molecular flexibility index (Phi) is 4.17. The molecular formula is C26H20Cl2N2O2. The molecule has 1 aliphatic carbocycles. The van der Waals surface area contributed by atoms with E-state index in [1.165, 1.54) is 0 Å². The van der Waals surface area contributed by atoms with Crippen LogP contribution in [0, 0.1) is 5.41 Å². The number of fused-ring (bicyclic) bond motifs is 4. The van der Waals surface area contributed by atoms with E-state index in [-0.39, 0.29) is 17.6 Å². The van der Waals surface area contributed by atoms with E-state index in [4.69, 9.17) is 23.2 Å². The third-order valence-electron chi connectivity index (χ3n) is 7.64. The molecule has 1 fully saturated rings. The van der Waals surface area contributed by atoms with E-state index < -0.39 is 11.0 Å². The highest BCUT2D eigenvalue weighted by Gasteiger charge is 2.75. The monoisotopic (exact) mass is 462 g/mol. The Labute approximate surface area is 196 Å². The number of carbonyl (C=O) groups excluding carboxylic acids is 2. The minimum atomic E-state index is -1.13. The van der Waals surface area contributed by atoms with Crippen molar-refractivity contribution in [2.24, 2.45) is 5.41 Å². The van der Waals surface area contributed by atoms with Gasteiger partial charge < -0.3 is 5.32 Å². The topological polar surface area (TPSA) is 49.4 Å². The second kappa shape index (κ2) is 6.67. The molecule has 3 aromatic rings. The lowest BCUT2D eigenvalue weighted by Gasteiger charge is -2.43. The Hall–Kier alpha value is -2.66. The van der Waals surface area contributed by atoms with Crippen molar-refractivity contribution in [2.75, 3.05) is 18.9 Å². The summed E-state index contributed by atoms with van der Waals surface area (Å²) in [4.78, 5) is 30.3. The number of para-hydroxylation sites is 1. The van der Waals surface area contributed by atoms with Crippen molar-refractivity contribution in [1.82, 2.24) is 4.90 Å². The number of ketones is 1. The molecule has 1 amide bonds. The first-order valence-corrected chi connectivity index (χ1v) is 11.4. The van der Waals surface area contributed by atoms with Gasteiger partial charge in [-0.1, -0.05) is 71.7 Å². The van der Waals surface area contributed by atoms with Crippen LogP contribution in [0.1, 0.15) is 33.0 Å². The number of rotatable bonds is 1. The van der Waals surface area contributed by atoms with Crippen molar-refractivity contribution in [3.05, 3.63) is 99.0 Å². The molecule has 32 heavy (non-hydrogen) atoms. The second-order valence-corrected chi connectivity index (χ2v) is 9.79. The minimum Gasteiger partial charge on any atom is -0.324 e. The molecule has 6 rings (SSSR count). The third kappa shape index (κ3) is 2.22. The number of amides is 1. The van der Waals surface area contributed by atoms with Crippen LogP contribution in [0.3, 0.4) is 0 Å². The van der Waals surface area contributed by atoms with Gasteiger partial charge >= 0.3 is 0 Å². The van der Waals surface area contributed by atoms with Gasteiger partial charge in [0, 0.05) is 39.3 Å². The molecule has 3 aliphatic rings. The molecule has 2 spiro atoms. The van der Waals surface area contributed by atoms with Crippen molar-refractivity contribution in [1.29, 1.82) is 0 Å². The van der Waals surface area contributed by atoms with Gasteiger partial charge in [0.1, 0.15) is 5.54 Å². The van der Waals surface area contributed by atoms with Crippen LogP contribution in [0.5, 0.6) is 0 Å². The fourth-order valence-electron chi connectivity index (χ4n) is 6.46. The highest BCUT2D eigenvalue weighted by Crippen LogP contribution is 2.66. The Bertz CT molecular complexity index is 1320. The molecule has 0 unspecified atom stereocenters. The van der Waals surface area contributed by atoms with Crippen LogP contribution >= 0.6 is 23.2 Å². The number of hydrogen-bond acceptors (Lipinski definition) is 3. The van der Waals surface area contributed by atoms with Gasteiger partial charge in [-0.15, -0.1) is 0 Å². The van der Waals surface area contributed by atoms with Crippen LogP contribution in [-0.2, 0) is 16.8 Å². The zero-order chi connectivity index (χ0) is 22.3. The van der Waals surface area contributed by atoms with Crippen molar-refractivity contribution in [3.8, 4) is 0 Å². The lowest BCUT2D eigenvalue weighted by molar-refractivity contribution is -0.130. The van der Waals surface area contributed by atoms with E-state index in [1.54, 1.807) is 12.1 Å². The molecule has 3 aromatic carbocycles. The highest BCUT2D eigenvalue weighted by atomic mass is 35.5. The Morgan fingerprint density at radius 3 is 2.53 bits per heavy atom. The molecule has 2 aliphatic heterocycles. The summed E-state index contributed by atoms with van der Waals surface area (Å²) in [7, 11) is 1.93. The highest BCUT2D eigenvalue weighted by molar-refractivity contribution is 6.35. The number of carbonyl (C=O) groups is 2. The molecule has 0 saturated carbocycles. The maximum Gasteiger partial charge on any atom is 0.250 e. The number of likely N-dealkylation sites (tertiary alicyclic amines) is 1. The molecule has 0 aromatic heterocycles. The van der Waals surface area contributed by atoms with Crippen LogP contribution in [0.2, 0.25) is 10.0 Å². The third-order valence-corrected chi connectivity index (χ3v) is 8.20. The molecule has 4 nitrogen and oxygen atoms in total. The molecule has 1 N–H and O–H groups in total. The van der Waals surface area contributed by atoms with E-state index in [2.05, 4.69) is 5.32 Å². The molecular weight excluding hydrogens is 443 g/mol. The van der Waals surface area contributed by atoms with Gasteiger partial charge in [-0.05, 0) is 42.8 Å². The normalized spacial score (nSPS) is 28.4. The summed E-state index contributed by atoms with van der Waals surface area (Å²) in [5, 5.41) is 4.12. The van der Waals surface area contributed by atoms with Gasteiger partial charge in [0.05, 0.1) is 5.41 Å². The van der Waals surface area contributed by atoms with E-state index in [1.807, 2.05) is 66.5 Å². The Morgan fingerprint density at radius 2 is 1.75 bits per heavy atom. The first kappa shape index (κ1) is 20.0. The predicted octanol–water partition coefficient (Wildman–Crippen LogP) is 5.30. The van der Waals surface area contributed by atoms with Crippen molar-refractivity contribution in [3.63, 3.8) is 0 Å². The van der Waals surface area contributed by atoms with Gasteiger partial charge in [0.25, 0.3) is 5.91 Å². The summed E-state index contributed by atoms with van der Waals surface area (Å²) >= 11 is 12.9. The number of hydrogen-bond donors (Lipinski definition) is 1. The number of nitrogens with one attached hydrogen (secondary N) is 1. The van der Waals surface area contributed by atoms with Crippen LogP contribution in [0.15, 0.2) is 66.7 Å². The first-order valence-electron chi connectivity index (χ1n) is 10.6. The first-order chi connectivity index (χ1) is 15.4. The quantitative estimate of drug-likeness (QED) is 0.533. The van der Waals surface area contributed by atoms with Gasteiger partial charge in [-0.2, -0.15) is 0 Å². The minimum absolute atomic E-state index is 0.000296. The fraction of sp³-hybridized carbons (Fsp3) is 0.231. The maximum absolute atomic E-state index is 14.4. The number of Topliss-reactive ketones (excluding diaryl/α,β-unsaturated/α-hetero) is 1. The van der Waals surface area contributed by atoms with Gasteiger partial charge in [0.15, 0.2) is 5.78 Å². The SMILES string of the molecule is CN1C[C@@H](c2ccc(Cl)cc2Cl)[C@@]2(Cc3ccccc3C2=O)[C@@]12C(=O)Nc1ccccc12. The van der Waals surface area contributed by atoms with Crippen molar-refractivity contribution < 1.29 is 9.59 Å². The zero-order valence-corrected chi connectivity index (χ0v) is 18.9. The van der Waals surface area contributed by atoms with Crippen LogP contribution in [0.25, 0.3) is 0 Å². The van der Waals surface area contributed by atoms with Gasteiger partial charge in [0.2, 0.25) is 0 Å². The average Bonchev–Trinajstić information content (AvgIpc) is 3.34. The van der Waals surface area contributed by atoms with Crippen LogP contribution in [-0.4, -0.2) is 30.2 Å². The number of likely N-dealkylation sites (N-methyl/N-ethyl adjacent to an activating group) is 1. The second-order valence-electron chi connectivity index (χ2n) is 8.94. The summed E-state index contributed by atoms with van der Waals surface area (Å²) in [6, 6.07) is 20.8. The summed E-state index contributed by atoms with van der Waals surface area (Å²) < 4.78 is 0. The summed E-state index contributed by atoms with van der Waals surface area (Å²) in [5.74, 6) is -0.440.